The van der Waals surface area contributed by atoms with Crippen LogP contribution in [-0.4, -0.2) is 36.2 Å². The molecular weight excluding hydrogens is 460 g/mol. The largest absolute Gasteiger partial charge is 0.507 e. The number of ether oxygens (including phenoxy) is 1. The number of phenolic OH excluding ortho intramolecular Hbond substituents is 1. The van der Waals surface area contributed by atoms with Gasteiger partial charge in [0.1, 0.15) is 27.5 Å². The van der Waals surface area contributed by atoms with E-state index in [1.807, 2.05) is 44.2 Å². The van der Waals surface area contributed by atoms with Crippen molar-refractivity contribution in [2.75, 3.05) is 18.0 Å². The van der Waals surface area contributed by atoms with Gasteiger partial charge in [-0.05, 0) is 38.1 Å². The summed E-state index contributed by atoms with van der Waals surface area (Å²) in [5, 5.41) is 9.98. The Bertz CT molecular complexity index is 1440. The van der Waals surface area contributed by atoms with Gasteiger partial charge in [0.2, 0.25) is 0 Å². The van der Waals surface area contributed by atoms with Gasteiger partial charge in [-0.3, -0.25) is 4.55 Å². The lowest BCUT2D eigenvalue weighted by Gasteiger charge is -2.29. The number of thiazole rings is 1. The number of hydrogen-bond donors (Lipinski definition) is 2. The molecular formula is C24H22N2O5S2. The van der Waals surface area contributed by atoms with Gasteiger partial charge in [-0.25, -0.2) is 4.98 Å². The molecule has 1 atom stereocenters. The molecule has 33 heavy (non-hydrogen) atoms. The molecule has 1 unspecified atom stereocenters. The number of aromatic nitrogens is 1. The Morgan fingerprint density at radius 1 is 1.03 bits per heavy atom. The molecule has 0 aliphatic carbocycles. The summed E-state index contributed by atoms with van der Waals surface area (Å²) in [6.45, 7) is 5.61. The van der Waals surface area contributed by atoms with E-state index in [9.17, 15) is 18.1 Å². The lowest BCUT2D eigenvalue weighted by Crippen LogP contribution is -2.23. The second-order valence-electron chi connectivity index (χ2n) is 7.79. The molecule has 0 radical (unpaired) electrons. The Morgan fingerprint density at radius 2 is 1.76 bits per heavy atom. The van der Waals surface area contributed by atoms with Crippen molar-refractivity contribution in [2.45, 2.75) is 19.1 Å². The van der Waals surface area contributed by atoms with Crippen LogP contribution in [0.25, 0.3) is 20.8 Å². The Kier molecular flexibility index (Phi) is 5.27. The van der Waals surface area contributed by atoms with Crippen molar-refractivity contribution in [1.82, 2.24) is 4.98 Å². The van der Waals surface area contributed by atoms with Crippen LogP contribution in [0.1, 0.15) is 30.2 Å². The van der Waals surface area contributed by atoms with E-state index in [1.165, 1.54) is 17.4 Å². The Morgan fingerprint density at radius 3 is 2.45 bits per heavy atom. The molecule has 2 N–H and O–H groups in total. The molecule has 3 aromatic carbocycles. The predicted octanol–water partition coefficient (Wildman–Crippen LogP) is 5.60. The van der Waals surface area contributed by atoms with E-state index in [-0.39, 0.29) is 17.1 Å². The van der Waals surface area contributed by atoms with Crippen LogP contribution >= 0.6 is 11.3 Å². The molecule has 1 aliphatic rings. The molecule has 7 nitrogen and oxygen atoms in total. The SMILES string of the molecule is CCN(CC)c1ccc2c(c1)Oc1cc(O)c(-c3nc4ccccc4s3)cc1C2S(=O)(=O)O. The van der Waals surface area contributed by atoms with Gasteiger partial charge in [0.05, 0.1) is 15.8 Å². The average molecular weight is 483 g/mol. The van der Waals surface area contributed by atoms with E-state index in [4.69, 9.17) is 4.74 Å². The summed E-state index contributed by atoms with van der Waals surface area (Å²) < 4.78 is 42.2. The van der Waals surface area contributed by atoms with Crippen LogP contribution in [0.2, 0.25) is 0 Å². The fourth-order valence-electron chi connectivity index (χ4n) is 4.26. The molecule has 2 heterocycles. The third-order valence-corrected chi connectivity index (χ3v) is 8.03. The first-order valence-corrected chi connectivity index (χ1v) is 12.9. The van der Waals surface area contributed by atoms with Crippen LogP contribution in [0.4, 0.5) is 5.69 Å². The molecule has 0 saturated carbocycles. The second-order valence-corrected chi connectivity index (χ2v) is 10.3. The lowest BCUT2D eigenvalue weighted by atomic mass is 9.97. The molecule has 5 rings (SSSR count). The summed E-state index contributed by atoms with van der Waals surface area (Å²) in [5.74, 6) is 0.441. The number of aromatic hydroxyl groups is 1. The first kappa shape index (κ1) is 21.7. The first-order valence-electron chi connectivity index (χ1n) is 10.6. The lowest BCUT2D eigenvalue weighted by molar-refractivity contribution is 0.429. The number of phenols is 1. The summed E-state index contributed by atoms with van der Waals surface area (Å²) in [7, 11) is -4.53. The van der Waals surface area contributed by atoms with Gasteiger partial charge in [0, 0.05) is 42.0 Å². The van der Waals surface area contributed by atoms with Crippen LogP contribution in [-0.2, 0) is 10.1 Å². The van der Waals surface area contributed by atoms with Crippen LogP contribution in [0, 0.1) is 0 Å². The van der Waals surface area contributed by atoms with Gasteiger partial charge < -0.3 is 14.7 Å². The van der Waals surface area contributed by atoms with Crippen LogP contribution in [0.5, 0.6) is 17.2 Å². The number of anilines is 1. The van der Waals surface area contributed by atoms with Crippen molar-refractivity contribution in [3.05, 3.63) is 65.7 Å². The summed E-state index contributed by atoms with van der Waals surface area (Å²) >= 11 is 1.39. The molecule has 170 valence electrons. The van der Waals surface area contributed by atoms with Gasteiger partial charge in [-0.15, -0.1) is 11.3 Å². The highest BCUT2D eigenvalue weighted by Gasteiger charge is 2.37. The van der Waals surface area contributed by atoms with E-state index >= 15 is 0 Å². The van der Waals surface area contributed by atoms with Crippen molar-refractivity contribution in [1.29, 1.82) is 0 Å². The molecule has 0 fully saturated rings. The topological polar surface area (TPSA) is 100.0 Å². The van der Waals surface area contributed by atoms with Gasteiger partial charge in [0.15, 0.2) is 0 Å². The maximum Gasteiger partial charge on any atom is 0.276 e. The van der Waals surface area contributed by atoms with Crippen LogP contribution in [0.3, 0.4) is 0 Å². The minimum absolute atomic E-state index is 0.0785. The van der Waals surface area contributed by atoms with Gasteiger partial charge in [0.25, 0.3) is 10.1 Å². The third-order valence-electron chi connectivity index (χ3n) is 5.86. The number of nitrogens with zero attached hydrogens (tertiary/aromatic N) is 2. The van der Waals surface area contributed by atoms with Crippen LogP contribution in [0.15, 0.2) is 54.6 Å². The summed E-state index contributed by atoms with van der Waals surface area (Å²) in [5.41, 5.74) is 2.66. The van der Waals surface area contributed by atoms with E-state index < -0.39 is 15.4 Å². The Hall–Kier alpha value is -3.14. The minimum atomic E-state index is -4.53. The second kappa shape index (κ2) is 8.02. The molecule has 0 amide bonds. The molecule has 0 bridgehead atoms. The fourth-order valence-corrected chi connectivity index (χ4v) is 6.27. The molecule has 4 aromatic rings. The number of benzene rings is 3. The summed E-state index contributed by atoms with van der Waals surface area (Å²) in [4.78, 5) is 6.68. The zero-order valence-corrected chi connectivity index (χ0v) is 19.7. The van der Waals surface area contributed by atoms with Crippen LogP contribution < -0.4 is 9.64 Å². The Labute approximate surface area is 195 Å². The fraction of sp³-hybridized carbons (Fsp3) is 0.208. The van der Waals surface area contributed by atoms with Gasteiger partial charge in [-0.1, -0.05) is 18.2 Å². The zero-order chi connectivity index (χ0) is 23.3. The average Bonchev–Trinajstić information content (AvgIpc) is 3.21. The highest BCUT2D eigenvalue weighted by Crippen LogP contribution is 2.51. The third kappa shape index (κ3) is 3.72. The predicted molar refractivity (Wildman–Crippen MR) is 130 cm³/mol. The Balaban J connectivity index is 1.67. The van der Waals surface area contributed by atoms with Crippen molar-refractivity contribution in [3.8, 4) is 27.8 Å². The zero-order valence-electron chi connectivity index (χ0n) is 18.0. The van der Waals surface area contributed by atoms with E-state index in [0.717, 1.165) is 29.0 Å². The summed E-state index contributed by atoms with van der Waals surface area (Å²) in [6, 6.07) is 15.8. The molecule has 0 spiro atoms. The van der Waals surface area contributed by atoms with Crippen molar-refractivity contribution in [2.24, 2.45) is 0 Å². The minimum Gasteiger partial charge on any atom is -0.507 e. The van der Waals surface area contributed by atoms with E-state index in [1.54, 1.807) is 18.2 Å². The number of hydrogen-bond acceptors (Lipinski definition) is 7. The van der Waals surface area contributed by atoms with E-state index in [0.29, 0.717) is 21.9 Å². The standard InChI is InChI=1S/C24H22N2O5S2/c1-3-26(4-2)14-9-10-15-20(11-14)31-21-13-19(27)16(12-17(21)23(15)33(28,29)30)24-25-18-7-5-6-8-22(18)32-24/h5-13,23,27H,3-4H2,1-2H3,(H,28,29,30). The first-order chi connectivity index (χ1) is 15.8. The van der Waals surface area contributed by atoms with Crippen molar-refractivity contribution in [3.63, 3.8) is 0 Å². The van der Waals surface area contributed by atoms with E-state index in [2.05, 4.69) is 9.88 Å². The molecule has 1 aromatic heterocycles. The summed E-state index contributed by atoms with van der Waals surface area (Å²) in [6.07, 6.45) is 0. The molecule has 0 saturated heterocycles. The monoisotopic (exact) mass is 482 g/mol. The highest BCUT2D eigenvalue weighted by molar-refractivity contribution is 7.86. The smallest absolute Gasteiger partial charge is 0.276 e. The maximum absolute atomic E-state index is 12.5. The molecule has 9 heteroatoms. The van der Waals surface area contributed by atoms with Crippen molar-refractivity contribution >= 4 is 37.4 Å². The number of fused-ring (bicyclic) bond motifs is 3. The molecule has 1 aliphatic heterocycles. The quantitative estimate of drug-likeness (QED) is 0.357. The highest BCUT2D eigenvalue weighted by atomic mass is 32.2. The normalized spacial score (nSPS) is 15.1. The van der Waals surface area contributed by atoms with Gasteiger partial charge >= 0.3 is 0 Å². The number of para-hydroxylation sites is 1. The van der Waals surface area contributed by atoms with Gasteiger partial charge in [-0.2, -0.15) is 8.42 Å². The maximum atomic E-state index is 12.5. The van der Waals surface area contributed by atoms with Crippen molar-refractivity contribution < 1.29 is 22.8 Å². The number of rotatable bonds is 5.